The van der Waals surface area contributed by atoms with E-state index in [1.807, 2.05) is 6.92 Å². The van der Waals surface area contributed by atoms with Crippen molar-refractivity contribution in [2.45, 2.75) is 43.1 Å². The van der Waals surface area contributed by atoms with E-state index in [1.165, 1.54) is 7.11 Å². The summed E-state index contributed by atoms with van der Waals surface area (Å²) in [6.07, 6.45) is -0.788. The minimum Gasteiger partial charge on any atom is -0.435 e. The molecule has 0 bridgehead atoms. The molecule has 1 aliphatic rings. The molecule has 0 N–H and O–H groups in total. The van der Waals surface area contributed by atoms with Gasteiger partial charge in [-0.15, -0.1) is 0 Å². The van der Waals surface area contributed by atoms with Crippen molar-refractivity contribution in [3.8, 4) is 0 Å². The van der Waals surface area contributed by atoms with Gasteiger partial charge in [-0.25, -0.2) is 8.42 Å². The van der Waals surface area contributed by atoms with Crippen LogP contribution in [0.15, 0.2) is 29.2 Å². The molecule has 1 aromatic rings. The number of cyclic esters (lactones) is 1. The van der Waals surface area contributed by atoms with Crippen LogP contribution in [0, 0.1) is 12.8 Å². The number of methoxy groups -OCH3 is 1. The van der Waals surface area contributed by atoms with Crippen molar-refractivity contribution in [3.63, 3.8) is 0 Å². The zero-order valence-electron chi connectivity index (χ0n) is 12.6. The molecule has 1 aliphatic heterocycles. The lowest BCUT2D eigenvalue weighted by Gasteiger charge is -2.32. The quantitative estimate of drug-likeness (QED) is 0.796. The van der Waals surface area contributed by atoms with Gasteiger partial charge in [-0.2, -0.15) is 0 Å². The molecule has 6 heteroatoms. The Labute approximate surface area is 125 Å². The highest BCUT2D eigenvalue weighted by Crippen LogP contribution is 2.40. The van der Waals surface area contributed by atoms with Crippen LogP contribution in [0.4, 0.5) is 0 Å². The number of sulfone groups is 1. The highest BCUT2D eigenvalue weighted by molar-refractivity contribution is 7.92. The Bertz CT molecular complexity index is 631. The lowest BCUT2D eigenvalue weighted by Crippen LogP contribution is -2.44. The van der Waals surface area contributed by atoms with Gasteiger partial charge in [0.25, 0.3) is 0 Å². The average Bonchev–Trinajstić information content (AvgIpc) is 2.81. The topological polar surface area (TPSA) is 69.7 Å². The van der Waals surface area contributed by atoms with Crippen molar-refractivity contribution in [2.75, 3.05) is 7.11 Å². The zero-order valence-corrected chi connectivity index (χ0v) is 13.4. The highest BCUT2D eigenvalue weighted by atomic mass is 32.2. The maximum Gasteiger partial charge on any atom is 0.308 e. The predicted molar refractivity (Wildman–Crippen MR) is 77.4 cm³/mol. The third-order valence-electron chi connectivity index (χ3n) is 4.11. The van der Waals surface area contributed by atoms with E-state index in [4.69, 9.17) is 9.47 Å². The monoisotopic (exact) mass is 312 g/mol. The second kappa shape index (κ2) is 5.42. The summed E-state index contributed by atoms with van der Waals surface area (Å²) in [4.78, 5) is 11.7. The van der Waals surface area contributed by atoms with Gasteiger partial charge in [0.1, 0.15) is 0 Å². The van der Waals surface area contributed by atoms with Gasteiger partial charge in [-0.05, 0) is 32.9 Å². The number of aryl methyl sites for hydroxylation is 1. The number of carbonyl (C=O) groups excluding carboxylic acids is 1. The molecule has 0 aliphatic carbocycles. The van der Waals surface area contributed by atoms with E-state index in [9.17, 15) is 13.2 Å². The summed E-state index contributed by atoms with van der Waals surface area (Å²) in [6.45, 7) is 5.12. The Balaban J connectivity index is 2.42. The third kappa shape index (κ3) is 2.70. The van der Waals surface area contributed by atoms with E-state index in [-0.39, 0.29) is 11.3 Å². The minimum absolute atomic E-state index is 0.0383. The number of esters is 1. The summed E-state index contributed by atoms with van der Waals surface area (Å²) >= 11 is 0. The van der Waals surface area contributed by atoms with Crippen LogP contribution in [0.3, 0.4) is 0 Å². The third-order valence-corrected chi connectivity index (χ3v) is 6.69. The first-order chi connectivity index (χ1) is 9.70. The van der Waals surface area contributed by atoms with E-state index in [0.29, 0.717) is 0 Å². The van der Waals surface area contributed by atoms with Gasteiger partial charge in [-0.1, -0.05) is 17.7 Å². The van der Waals surface area contributed by atoms with Gasteiger partial charge in [0.15, 0.2) is 9.84 Å². The maximum absolute atomic E-state index is 12.9. The Morgan fingerprint density at radius 1 is 1.24 bits per heavy atom. The molecule has 0 aromatic heterocycles. The summed E-state index contributed by atoms with van der Waals surface area (Å²) in [6, 6.07) is 6.69. The number of hydrogen-bond acceptors (Lipinski definition) is 5. The van der Waals surface area contributed by atoms with E-state index in [1.54, 1.807) is 38.1 Å². The largest absolute Gasteiger partial charge is 0.435 e. The van der Waals surface area contributed by atoms with Crippen LogP contribution < -0.4 is 0 Å². The highest BCUT2D eigenvalue weighted by Gasteiger charge is 2.52. The minimum atomic E-state index is -3.62. The van der Waals surface area contributed by atoms with Crippen LogP contribution in [0.2, 0.25) is 0 Å². The SMILES string of the molecule is COC1OC(=O)CC1C(C)(C)S(=O)(=O)c1ccc(C)cc1. The molecule has 2 atom stereocenters. The Kier molecular flexibility index (Phi) is 4.13. The van der Waals surface area contributed by atoms with Crippen molar-refractivity contribution in [3.05, 3.63) is 29.8 Å². The Hall–Kier alpha value is -1.40. The molecule has 0 spiro atoms. The standard InChI is InChI=1S/C15H20O5S/c1-10-5-7-11(8-6-10)21(17,18)15(2,3)12-9-13(16)20-14(12)19-4/h5-8,12,14H,9H2,1-4H3. The zero-order chi connectivity index (χ0) is 15.8. The molecule has 2 rings (SSSR count). The summed E-state index contributed by atoms with van der Waals surface area (Å²) in [7, 11) is -2.21. The van der Waals surface area contributed by atoms with E-state index in [0.717, 1.165) is 5.56 Å². The number of rotatable bonds is 4. The van der Waals surface area contributed by atoms with Crippen LogP contribution in [0.1, 0.15) is 25.8 Å². The number of carbonyl (C=O) groups is 1. The number of ether oxygens (including phenoxy) is 2. The molecular formula is C15H20O5S. The van der Waals surface area contributed by atoms with Gasteiger partial charge < -0.3 is 9.47 Å². The molecular weight excluding hydrogens is 292 g/mol. The first-order valence-electron chi connectivity index (χ1n) is 6.73. The van der Waals surface area contributed by atoms with Crippen molar-refractivity contribution in [1.82, 2.24) is 0 Å². The van der Waals surface area contributed by atoms with E-state index in [2.05, 4.69) is 0 Å². The molecule has 0 amide bonds. The fourth-order valence-electron chi connectivity index (χ4n) is 2.54. The number of hydrogen-bond donors (Lipinski definition) is 0. The van der Waals surface area contributed by atoms with E-state index >= 15 is 0 Å². The van der Waals surface area contributed by atoms with Crippen molar-refractivity contribution < 1.29 is 22.7 Å². The molecule has 2 unspecified atom stereocenters. The molecule has 5 nitrogen and oxygen atoms in total. The van der Waals surface area contributed by atoms with Gasteiger partial charge in [0.05, 0.1) is 22.0 Å². The Morgan fingerprint density at radius 2 is 1.81 bits per heavy atom. The van der Waals surface area contributed by atoms with Crippen LogP contribution in [0.5, 0.6) is 0 Å². The summed E-state index contributed by atoms with van der Waals surface area (Å²) in [5, 5.41) is 0. The molecule has 1 heterocycles. The normalized spacial score (nSPS) is 23.1. The average molecular weight is 312 g/mol. The van der Waals surface area contributed by atoms with Crippen LogP contribution in [-0.4, -0.2) is 32.5 Å². The van der Waals surface area contributed by atoms with Crippen molar-refractivity contribution >= 4 is 15.8 Å². The second-order valence-electron chi connectivity index (χ2n) is 5.82. The Morgan fingerprint density at radius 3 is 2.33 bits per heavy atom. The fourth-order valence-corrected chi connectivity index (χ4v) is 4.24. The maximum atomic E-state index is 12.9. The second-order valence-corrected chi connectivity index (χ2v) is 8.35. The van der Waals surface area contributed by atoms with Gasteiger partial charge in [0, 0.05) is 7.11 Å². The van der Waals surface area contributed by atoms with E-state index < -0.39 is 32.8 Å². The molecule has 21 heavy (non-hydrogen) atoms. The fraction of sp³-hybridized carbons (Fsp3) is 0.533. The lowest BCUT2D eigenvalue weighted by molar-refractivity contribution is -0.162. The summed E-state index contributed by atoms with van der Waals surface area (Å²) in [5.74, 6) is -0.972. The molecule has 1 aromatic carbocycles. The van der Waals surface area contributed by atoms with Gasteiger partial charge in [-0.3, -0.25) is 4.79 Å². The predicted octanol–water partition coefficient (Wildman–Crippen LogP) is 2.08. The van der Waals surface area contributed by atoms with Crippen LogP contribution in [0.25, 0.3) is 0 Å². The number of benzene rings is 1. The molecule has 0 radical (unpaired) electrons. The lowest BCUT2D eigenvalue weighted by atomic mass is 9.93. The van der Waals surface area contributed by atoms with Gasteiger partial charge >= 0.3 is 5.97 Å². The molecule has 0 saturated carbocycles. The first-order valence-corrected chi connectivity index (χ1v) is 8.22. The summed E-state index contributed by atoms with van der Waals surface area (Å²) < 4.78 is 34.8. The van der Waals surface area contributed by atoms with Crippen molar-refractivity contribution in [2.24, 2.45) is 5.92 Å². The molecule has 116 valence electrons. The molecule has 1 saturated heterocycles. The van der Waals surface area contributed by atoms with Crippen molar-refractivity contribution in [1.29, 1.82) is 0 Å². The van der Waals surface area contributed by atoms with Gasteiger partial charge in [0.2, 0.25) is 6.29 Å². The van der Waals surface area contributed by atoms with Crippen LogP contribution >= 0.6 is 0 Å². The van der Waals surface area contributed by atoms with Crippen LogP contribution in [-0.2, 0) is 24.1 Å². The first kappa shape index (κ1) is 16.0. The summed E-state index contributed by atoms with van der Waals surface area (Å²) in [5.41, 5.74) is 0.987. The smallest absolute Gasteiger partial charge is 0.308 e. The molecule has 1 fully saturated rings.